The molecule has 0 unspecified atom stereocenters. The lowest BCUT2D eigenvalue weighted by Crippen LogP contribution is -2.13. The minimum Gasteiger partial charge on any atom is -0.494 e. The predicted octanol–water partition coefficient (Wildman–Crippen LogP) is 5.13. The molecule has 178 valence electrons. The number of ether oxygens (including phenoxy) is 3. The molecule has 0 saturated heterocycles. The number of benzene rings is 3. The van der Waals surface area contributed by atoms with Crippen molar-refractivity contribution in [3.05, 3.63) is 93.5 Å². The van der Waals surface area contributed by atoms with Gasteiger partial charge in [-0.2, -0.15) is 5.26 Å². The fraction of sp³-hybridized carbons (Fsp3) is 0.154. The molecule has 9 nitrogen and oxygen atoms in total. The van der Waals surface area contributed by atoms with E-state index in [0.717, 1.165) is 5.56 Å². The highest BCUT2D eigenvalue weighted by Gasteiger charge is 2.12. The fourth-order valence-corrected chi connectivity index (χ4v) is 3.11. The monoisotopic (exact) mass is 473 g/mol. The maximum Gasteiger partial charge on any atom is 0.269 e. The summed E-state index contributed by atoms with van der Waals surface area (Å²) in [6.45, 7) is 2.54. The summed E-state index contributed by atoms with van der Waals surface area (Å²) in [7, 11) is 1.48. The summed E-state index contributed by atoms with van der Waals surface area (Å²) in [6.07, 6.45) is 1.45. The van der Waals surface area contributed by atoms with Crippen LogP contribution in [0.1, 0.15) is 18.1 Å². The Hall–Kier alpha value is -4.84. The van der Waals surface area contributed by atoms with E-state index >= 15 is 0 Å². The van der Waals surface area contributed by atoms with Crippen molar-refractivity contribution >= 4 is 23.4 Å². The summed E-state index contributed by atoms with van der Waals surface area (Å²) in [6, 6.07) is 19.9. The number of non-ortho nitro benzene ring substituents is 1. The maximum absolute atomic E-state index is 12.6. The number of nitro groups is 1. The van der Waals surface area contributed by atoms with Crippen molar-refractivity contribution in [2.45, 2.75) is 13.5 Å². The Morgan fingerprint density at radius 1 is 1.09 bits per heavy atom. The van der Waals surface area contributed by atoms with Crippen LogP contribution >= 0.6 is 0 Å². The van der Waals surface area contributed by atoms with Crippen molar-refractivity contribution in [3.63, 3.8) is 0 Å². The quantitative estimate of drug-likeness (QED) is 0.187. The van der Waals surface area contributed by atoms with Gasteiger partial charge in [0.15, 0.2) is 11.5 Å². The highest BCUT2D eigenvalue weighted by molar-refractivity contribution is 6.09. The van der Waals surface area contributed by atoms with Crippen LogP contribution in [0, 0.1) is 21.4 Å². The number of amides is 1. The van der Waals surface area contributed by atoms with Gasteiger partial charge < -0.3 is 19.5 Å². The van der Waals surface area contributed by atoms with Gasteiger partial charge in [0.2, 0.25) is 0 Å². The summed E-state index contributed by atoms with van der Waals surface area (Å²) < 4.78 is 16.6. The molecule has 0 aliphatic carbocycles. The summed E-state index contributed by atoms with van der Waals surface area (Å²) >= 11 is 0. The third-order valence-corrected chi connectivity index (χ3v) is 4.81. The first kappa shape index (κ1) is 24.8. The normalized spacial score (nSPS) is 10.7. The van der Waals surface area contributed by atoms with Crippen LogP contribution in [0.5, 0.6) is 17.2 Å². The zero-order chi connectivity index (χ0) is 25.2. The SMILES string of the molecule is CCOc1cccc(NC(=O)C(C#N)=Cc2ccc(OCc3ccc([N+](=O)[O-])cc3)c(OC)c2)c1. The molecule has 0 heterocycles. The van der Waals surface area contributed by atoms with Crippen molar-refractivity contribution in [3.8, 4) is 23.3 Å². The molecule has 1 N–H and O–H groups in total. The van der Waals surface area contributed by atoms with Crippen molar-refractivity contribution in [2.24, 2.45) is 0 Å². The van der Waals surface area contributed by atoms with Crippen molar-refractivity contribution < 1.29 is 23.9 Å². The average Bonchev–Trinajstić information content (AvgIpc) is 2.86. The first-order valence-corrected chi connectivity index (χ1v) is 10.6. The van der Waals surface area contributed by atoms with E-state index in [-0.39, 0.29) is 17.9 Å². The van der Waals surface area contributed by atoms with Crippen LogP contribution in [0.25, 0.3) is 6.08 Å². The molecule has 3 aromatic carbocycles. The Morgan fingerprint density at radius 2 is 1.86 bits per heavy atom. The molecule has 0 spiro atoms. The number of nitrogens with zero attached hydrogens (tertiary/aromatic N) is 2. The number of nitrogens with one attached hydrogen (secondary N) is 1. The number of carbonyl (C=O) groups is 1. The molecule has 0 fully saturated rings. The first-order valence-electron chi connectivity index (χ1n) is 10.6. The number of rotatable bonds is 10. The Bertz CT molecular complexity index is 1280. The minimum atomic E-state index is -0.557. The summed E-state index contributed by atoms with van der Waals surface area (Å²) in [4.78, 5) is 22.9. The molecule has 0 aromatic heterocycles. The van der Waals surface area contributed by atoms with Crippen LogP contribution in [0.2, 0.25) is 0 Å². The third-order valence-electron chi connectivity index (χ3n) is 4.81. The van der Waals surface area contributed by atoms with Crippen molar-refractivity contribution in [2.75, 3.05) is 19.0 Å². The second-order valence-corrected chi connectivity index (χ2v) is 7.21. The van der Waals surface area contributed by atoms with Crippen molar-refractivity contribution in [1.82, 2.24) is 0 Å². The second-order valence-electron chi connectivity index (χ2n) is 7.21. The van der Waals surface area contributed by atoms with E-state index in [0.29, 0.717) is 35.1 Å². The zero-order valence-electron chi connectivity index (χ0n) is 19.2. The van der Waals surface area contributed by atoms with Crippen LogP contribution in [-0.4, -0.2) is 24.5 Å². The van der Waals surface area contributed by atoms with Gasteiger partial charge in [0.1, 0.15) is 24.0 Å². The molecule has 3 rings (SSSR count). The molecular weight excluding hydrogens is 450 g/mol. The van der Waals surface area contributed by atoms with Gasteiger partial charge in [0.05, 0.1) is 18.6 Å². The predicted molar refractivity (Wildman–Crippen MR) is 130 cm³/mol. The van der Waals surface area contributed by atoms with Gasteiger partial charge >= 0.3 is 0 Å². The van der Waals surface area contributed by atoms with E-state index in [2.05, 4.69) is 5.32 Å². The molecule has 0 saturated carbocycles. The van der Waals surface area contributed by atoms with E-state index < -0.39 is 10.8 Å². The van der Waals surface area contributed by atoms with Gasteiger partial charge in [0.25, 0.3) is 11.6 Å². The fourth-order valence-electron chi connectivity index (χ4n) is 3.11. The van der Waals surface area contributed by atoms with E-state index in [4.69, 9.17) is 14.2 Å². The highest BCUT2D eigenvalue weighted by Crippen LogP contribution is 2.30. The van der Waals surface area contributed by atoms with E-state index in [1.807, 2.05) is 13.0 Å². The number of hydrogen-bond acceptors (Lipinski definition) is 7. The molecule has 9 heteroatoms. The Morgan fingerprint density at radius 3 is 2.51 bits per heavy atom. The Balaban J connectivity index is 1.72. The lowest BCUT2D eigenvalue weighted by atomic mass is 10.1. The minimum absolute atomic E-state index is 0.00167. The number of anilines is 1. The topological polar surface area (TPSA) is 124 Å². The molecule has 35 heavy (non-hydrogen) atoms. The molecule has 0 aliphatic heterocycles. The van der Waals surface area contributed by atoms with Gasteiger partial charge in [-0.3, -0.25) is 14.9 Å². The first-order chi connectivity index (χ1) is 16.9. The van der Waals surface area contributed by atoms with Gasteiger partial charge in [-0.25, -0.2) is 0 Å². The van der Waals surface area contributed by atoms with Crippen LogP contribution in [0.3, 0.4) is 0 Å². The van der Waals surface area contributed by atoms with E-state index in [9.17, 15) is 20.2 Å². The lowest BCUT2D eigenvalue weighted by Gasteiger charge is -2.12. The van der Waals surface area contributed by atoms with Gasteiger partial charge in [-0.1, -0.05) is 12.1 Å². The largest absolute Gasteiger partial charge is 0.494 e. The highest BCUT2D eigenvalue weighted by atomic mass is 16.6. The molecular formula is C26H23N3O6. The molecule has 0 atom stereocenters. The summed E-state index contributed by atoms with van der Waals surface area (Å²) in [5, 5.41) is 23.0. The Kier molecular flexibility index (Phi) is 8.40. The molecule has 0 radical (unpaired) electrons. The number of methoxy groups -OCH3 is 1. The molecule has 0 aliphatic rings. The van der Waals surface area contributed by atoms with Gasteiger partial charge in [0, 0.05) is 23.9 Å². The van der Waals surface area contributed by atoms with Crippen LogP contribution < -0.4 is 19.5 Å². The average molecular weight is 473 g/mol. The standard InChI is InChI=1S/C26H23N3O6/c1-3-34-23-6-4-5-21(15-23)28-26(30)20(16-27)13-19-9-12-24(25(14-19)33-2)35-17-18-7-10-22(11-8-18)29(31)32/h4-15H,3,17H2,1-2H3,(H,28,30). The molecule has 3 aromatic rings. The lowest BCUT2D eigenvalue weighted by molar-refractivity contribution is -0.384. The summed E-state index contributed by atoms with van der Waals surface area (Å²) in [5.41, 5.74) is 1.74. The van der Waals surface area contributed by atoms with E-state index in [1.54, 1.807) is 54.6 Å². The van der Waals surface area contributed by atoms with Gasteiger partial charge in [-0.15, -0.1) is 0 Å². The second kappa shape index (κ2) is 11.9. The van der Waals surface area contributed by atoms with Crippen LogP contribution in [0.15, 0.2) is 72.3 Å². The molecule has 1 amide bonds. The number of hydrogen-bond donors (Lipinski definition) is 1. The summed E-state index contributed by atoms with van der Waals surface area (Å²) in [5.74, 6) is 0.905. The Labute approximate surface area is 202 Å². The zero-order valence-corrected chi connectivity index (χ0v) is 19.2. The van der Waals surface area contributed by atoms with Crippen LogP contribution in [-0.2, 0) is 11.4 Å². The smallest absolute Gasteiger partial charge is 0.269 e. The van der Waals surface area contributed by atoms with Crippen molar-refractivity contribution in [1.29, 1.82) is 5.26 Å². The van der Waals surface area contributed by atoms with Crippen LogP contribution in [0.4, 0.5) is 11.4 Å². The number of nitriles is 1. The maximum atomic E-state index is 12.6. The van der Waals surface area contributed by atoms with Gasteiger partial charge in [-0.05, 0) is 60.5 Å². The number of carbonyl (C=O) groups excluding carboxylic acids is 1. The number of nitro benzene ring substituents is 1. The molecule has 0 bridgehead atoms. The third kappa shape index (κ3) is 6.82. The van der Waals surface area contributed by atoms with E-state index in [1.165, 1.54) is 25.3 Å².